The number of methoxy groups -OCH3 is 2. The molecule has 1 amide bonds. The number of esters is 1. The molecule has 0 saturated heterocycles. The van der Waals surface area contributed by atoms with Crippen molar-refractivity contribution in [2.24, 2.45) is 0 Å². The average molecular weight is 460 g/mol. The van der Waals surface area contributed by atoms with Crippen LogP contribution >= 0.6 is 0 Å². The quantitative estimate of drug-likeness (QED) is 0.304. The molecule has 1 N–H and O–H groups in total. The maximum Gasteiger partial charge on any atom is 0.328 e. The summed E-state index contributed by atoms with van der Waals surface area (Å²) in [6, 6.07) is 15.2. The Kier molecular flexibility index (Phi) is 6.84. The van der Waals surface area contributed by atoms with E-state index in [1.54, 1.807) is 54.5 Å². The number of nitrogens with zero attached hydrogens (tertiary/aromatic N) is 3. The Morgan fingerprint density at radius 1 is 1.09 bits per heavy atom. The summed E-state index contributed by atoms with van der Waals surface area (Å²) in [5, 5.41) is 3.51. The van der Waals surface area contributed by atoms with Gasteiger partial charge in [-0.25, -0.2) is 9.78 Å². The van der Waals surface area contributed by atoms with E-state index in [1.807, 2.05) is 28.8 Å². The third-order valence-corrected chi connectivity index (χ3v) is 5.48. The Labute approximate surface area is 195 Å². The van der Waals surface area contributed by atoms with Gasteiger partial charge in [-0.2, -0.15) is 0 Å². The zero-order valence-electron chi connectivity index (χ0n) is 18.8. The number of aromatic nitrogens is 3. The van der Waals surface area contributed by atoms with Crippen LogP contribution < -0.4 is 5.32 Å². The van der Waals surface area contributed by atoms with Gasteiger partial charge in [0.15, 0.2) is 6.29 Å². The van der Waals surface area contributed by atoms with Crippen LogP contribution in [0, 0.1) is 0 Å². The molecule has 0 bridgehead atoms. The Morgan fingerprint density at radius 2 is 1.82 bits per heavy atom. The molecule has 0 fully saturated rings. The van der Waals surface area contributed by atoms with E-state index in [0.717, 1.165) is 17.2 Å². The molecule has 0 spiro atoms. The molecule has 9 heteroatoms. The van der Waals surface area contributed by atoms with Crippen LogP contribution in [0.3, 0.4) is 0 Å². The standard InChI is InChI=1S/C25H24N4O5/c1-33-16-29-22-11-7-6-10-19(22)20(14-30)24(29)28-13-18(26-15-28)12-21(25(32)34-2)27-23(31)17-8-4-3-5-9-17/h3-11,13-15,21H,12,16H2,1-2H3,(H,27,31)/t21-/m0/s1. The highest BCUT2D eigenvalue weighted by atomic mass is 16.5. The molecule has 2 heterocycles. The van der Waals surface area contributed by atoms with Gasteiger partial charge in [-0.3, -0.25) is 14.2 Å². The summed E-state index contributed by atoms with van der Waals surface area (Å²) < 4.78 is 13.8. The predicted molar refractivity (Wildman–Crippen MR) is 125 cm³/mol. The summed E-state index contributed by atoms with van der Waals surface area (Å²) in [5.41, 5.74) is 2.31. The molecule has 174 valence electrons. The van der Waals surface area contributed by atoms with Crippen molar-refractivity contribution < 1.29 is 23.9 Å². The van der Waals surface area contributed by atoms with Gasteiger partial charge < -0.3 is 19.4 Å². The molecule has 34 heavy (non-hydrogen) atoms. The highest BCUT2D eigenvalue weighted by molar-refractivity contribution is 6.02. The van der Waals surface area contributed by atoms with E-state index in [0.29, 0.717) is 22.6 Å². The van der Waals surface area contributed by atoms with E-state index in [9.17, 15) is 14.4 Å². The Hall–Kier alpha value is -4.24. The van der Waals surface area contributed by atoms with Crippen molar-refractivity contribution in [3.8, 4) is 5.82 Å². The molecule has 1 atom stereocenters. The topological polar surface area (TPSA) is 104 Å². The molecule has 0 aliphatic heterocycles. The first-order chi connectivity index (χ1) is 16.6. The van der Waals surface area contributed by atoms with Crippen molar-refractivity contribution in [3.05, 3.63) is 83.9 Å². The number of ether oxygens (including phenoxy) is 2. The summed E-state index contributed by atoms with van der Waals surface area (Å²) in [5.74, 6) is -0.375. The van der Waals surface area contributed by atoms with Crippen LogP contribution in [0.1, 0.15) is 26.4 Å². The number of nitrogens with one attached hydrogen (secondary N) is 1. The Bertz CT molecular complexity index is 1330. The van der Waals surface area contributed by atoms with Crippen LogP contribution in [-0.4, -0.2) is 52.5 Å². The molecule has 4 rings (SSSR count). The number of hydrogen-bond donors (Lipinski definition) is 1. The van der Waals surface area contributed by atoms with Crippen LogP contribution in [0.5, 0.6) is 0 Å². The Balaban J connectivity index is 1.65. The predicted octanol–water partition coefficient (Wildman–Crippen LogP) is 2.76. The van der Waals surface area contributed by atoms with Crippen molar-refractivity contribution in [1.82, 2.24) is 19.4 Å². The third-order valence-electron chi connectivity index (χ3n) is 5.48. The fourth-order valence-corrected chi connectivity index (χ4v) is 3.93. The van der Waals surface area contributed by atoms with Crippen molar-refractivity contribution in [2.75, 3.05) is 14.2 Å². The largest absolute Gasteiger partial charge is 0.467 e. The number of fused-ring (bicyclic) bond motifs is 1. The van der Waals surface area contributed by atoms with E-state index >= 15 is 0 Å². The van der Waals surface area contributed by atoms with E-state index in [2.05, 4.69) is 10.3 Å². The number of imidazole rings is 1. The normalized spacial score (nSPS) is 11.8. The van der Waals surface area contributed by atoms with Gasteiger partial charge in [0.2, 0.25) is 0 Å². The van der Waals surface area contributed by atoms with E-state index in [-0.39, 0.29) is 19.1 Å². The number of amides is 1. The second-order valence-corrected chi connectivity index (χ2v) is 7.61. The first-order valence-electron chi connectivity index (χ1n) is 10.6. The lowest BCUT2D eigenvalue weighted by atomic mass is 10.1. The number of aldehydes is 1. The van der Waals surface area contributed by atoms with Gasteiger partial charge in [-0.1, -0.05) is 36.4 Å². The maximum absolute atomic E-state index is 12.6. The lowest BCUT2D eigenvalue weighted by Gasteiger charge is -2.15. The van der Waals surface area contributed by atoms with Crippen LogP contribution in [0.2, 0.25) is 0 Å². The molecule has 0 aliphatic carbocycles. The van der Waals surface area contributed by atoms with Gasteiger partial charge in [0.05, 0.1) is 23.9 Å². The van der Waals surface area contributed by atoms with E-state index < -0.39 is 12.0 Å². The number of benzene rings is 2. The van der Waals surface area contributed by atoms with Gasteiger partial charge in [0.25, 0.3) is 5.91 Å². The smallest absolute Gasteiger partial charge is 0.328 e. The highest BCUT2D eigenvalue weighted by Crippen LogP contribution is 2.28. The van der Waals surface area contributed by atoms with Crippen molar-refractivity contribution in [1.29, 1.82) is 0 Å². The van der Waals surface area contributed by atoms with Gasteiger partial charge >= 0.3 is 5.97 Å². The highest BCUT2D eigenvalue weighted by Gasteiger charge is 2.25. The minimum absolute atomic E-state index is 0.110. The van der Waals surface area contributed by atoms with Gasteiger partial charge in [-0.15, -0.1) is 0 Å². The summed E-state index contributed by atoms with van der Waals surface area (Å²) in [4.78, 5) is 41.4. The Morgan fingerprint density at radius 3 is 2.53 bits per heavy atom. The first kappa shape index (κ1) is 22.9. The maximum atomic E-state index is 12.6. The summed E-state index contributed by atoms with van der Waals surface area (Å²) >= 11 is 0. The molecule has 2 aromatic heterocycles. The second kappa shape index (κ2) is 10.1. The fourth-order valence-electron chi connectivity index (χ4n) is 3.93. The number of para-hydroxylation sites is 1. The molecular weight excluding hydrogens is 436 g/mol. The minimum atomic E-state index is -0.934. The van der Waals surface area contributed by atoms with Crippen molar-refractivity contribution in [3.63, 3.8) is 0 Å². The first-order valence-corrected chi connectivity index (χ1v) is 10.6. The molecule has 0 saturated carbocycles. The summed E-state index contributed by atoms with van der Waals surface area (Å²) in [6.07, 6.45) is 4.20. The average Bonchev–Trinajstić information content (AvgIpc) is 3.46. The summed E-state index contributed by atoms with van der Waals surface area (Å²) in [6.45, 7) is 0.231. The zero-order chi connectivity index (χ0) is 24.1. The van der Waals surface area contributed by atoms with E-state index in [4.69, 9.17) is 9.47 Å². The fraction of sp³-hybridized carbons (Fsp3) is 0.200. The van der Waals surface area contributed by atoms with Gasteiger partial charge in [0.1, 0.15) is 24.9 Å². The van der Waals surface area contributed by atoms with Gasteiger partial charge in [0, 0.05) is 30.7 Å². The van der Waals surface area contributed by atoms with Crippen molar-refractivity contribution >= 4 is 29.1 Å². The van der Waals surface area contributed by atoms with E-state index in [1.165, 1.54) is 7.11 Å². The molecule has 0 radical (unpaired) electrons. The van der Waals surface area contributed by atoms with Crippen LogP contribution in [0.25, 0.3) is 16.7 Å². The molecular formula is C25H24N4O5. The monoisotopic (exact) mass is 460 g/mol. The van der Waals surface area contributed by atoms with Gasteiger partial charge in [-0.05, 0) is 18.2 Å². The molecule has 0 unspecified atom stereocenters. The number of hydrogen-bond acceptors (Lipinski definition) is 6. The SMILES string of the molecule is COCn1c(-n2cnc(C[C@H](NC(=O)c3ccccc3)C(=O)OC)c2)c(C=O)c2ccccc21. The van der Waals surface area contributed by atoms with Crippen molar-refractivity contribution in [2.45, 2.75) is 19.2 Å². The molecule has 0 aliphatic rings. The number of rotatable bonds is 9. The molecule has 4 aromatic rings. The van der Waals surface area contributed by atoms with Crippen LogP contribution in [0.4, 0.5) is 0 Å². The number of carbonyl (C=O) groups is 3. The molecule has 9 nitrogen and oxygen atoms in total. The van der Waals surface area contributed by atoms with Crippen LogP contribution in [0.15, 0.2) is 67.1 Å². The molecule has 2 aromatic carbocycles. The second-order valence-electron chi connectivity index (χ2n) is 7.61. The minimum Gasteiger partial charge on any atom is -0.467 e. The number of carbonyl (C=O) groups excluding carboxylic acids is 3. The lowest BCUT2D eigenvalue weighted by Crippen LogP contribution is -2.43. The lowest BCUT2D eigenvalue weighted by molar-refractivity contribution is -0.142. The summed E-state index contributed by atoms with van der Waals surface area (Å²) in [7, 11) is 2.84. The van der Waals surface area contributed by atoms with Crippen LogP contribution in [-0.2, 0) is 27.4 Å². The zero-order valence-corrected chi connectivity index (χ0v) is 18.8. The third kappa shape index (κ3) is 4.46.